The van der Waals surface area contributed by atoms with Gasteiger partial charge in [-0.15, -0.1) is 0 Å². The first-order valence-corrected chi connectivity index (χ1v) is 12.2. The number of carboxylic acids is 1. The van der Waals surface area contributed by atoms with Crippen LogP contribution in [0, 0.1) is 11.7 Å². The third kappa shape index (κ3) is 6.93. The number of carbonyl (C=O) groups is 3. The van der Waals surface area contributed by atoms with Gasteiger partial charge in [-0.05, 0) is 79.5 Å². The Bertz CT molecular complexity index is 1210. The maximum absolute atomic E-state index is 14.0. The van der Waals surface area contributed by atoms with Gasteiger partial charge in [0.25, 0.3) is 0 Å². The van der Waals surface area contributed by atoms with Crippen molar-refractivity contribution >= 4 is 29.5 Å². The number of rotatable bonds is 5. The second-order valence-electron chi connectivity index (χ2n) is 9.55. The molecule has 1 aliphatic heterocycles. The summed E-state index contributed by atoms with van der Waals surface area (Å²) in [6, 6.07) is 6.11. The van der Waals surface area contributed by atoms with Gasteiger partial charge < -0.3 is 25.4 Å². The quantitative estimate of drug-likeness (QED) is 0.405. The lowest BCUT2D eigenvalue weighted by Crippen LogP contribution is -2.39. The van der Waals surface area contributed by atoms with Crippen molar-refractivity contribution in [3.8, 4) is 0 Å². The highest BCUT2D eigenvalue weighted by Gasteiger charge is 2.31. The van der Waals surface area contributed by atoms with Crippen LogP contribution in [0.5, 0.6) is 0 Å². The standard InChI is InChI=1S/C26H27F4N3O5/c27-21-13-18(26(28,29)30)4-8-22(21)32-24(36)31-19-5-3-17-14-33(10-9-16(17)12-19)25(37)38-20-6-1-15(2-7-20)11-23(34)35/h3-5,8,12-13,15,20H,1-2,6-7,9-11,14H2,(H,34,35)(H2,31,32,36). The number of alkyl halides is 3. The lowest BCUT2D eigenvalue weighted by molar-refractivity contribution is -0.139. The van der Waals surface area contributed by atoms with Crippen LogP contribution in [0.1, 0.15) is 48.8 Å². The van der Waals surface area contributed by atoms with Crippen LogP contribution in [0.3, 0.4) is 0 Å². The van der Waals surface area contributed by atoms with E-state index in [0.29, 0.717) is 63.0 Å². The van der Waals surface area contributed by atoms with Crippen LogP contribution in [-0.4, -0.2) is 40.7 Å². The number of halogens is 4. The Morgan fingerprint density at radius 1 is 1.00 bits per heavy atom. The van der Waals surface area contributed by atoms with E-state index >= 15 is 0 Å². The van der Waals surface area contributed by atoms with Gasteiger partial charge in [-0.2, -0.15) is 13.2 Å². The number of aliphatic carboxylic acids is 1. The molecule has 0 aromatic heterocycles. The lowest BCUT2D eigenvalue weighted by atomic mass is 9.85. The van der Waals surface area contributed by atoms with Gasteiger partial charge in [-0.1, -0.05) is 6.07 Å². The minimum atomic E-state index is -4.69. The third-order valence-electron chi connectivity index (χ3n) is 6.80. The SMILES string of the molecule is O=C(O)CC1CCC(OC(=O)N2CCc3cc(NC(=O)Nc4ccc(C(F)(F)F)cc4F)ccc3C2)CC1. The highest BCUT2D eigenvalue weighted by molar-refractivity contribution is 5.99. The molecule has 2 aromatic rings. The molecule has 1 saturated carbocycles. The summed E-state index contributed by atoms with van der Waals surface area (Å²) in [4.78, 5) is 37.4. The Morgan fingerprint density at radius 3 is 2.39 bits per heavy atom. The van der Waals surface area contributed by atoms with Crippen LogP contribution in [0.4, 0.5) is 38.5 Å². The van der Waals surface area contributed by atoms with Gasteiger partial charge in [0, 0.05) is 25.2 Å². The van der Waals surface area contributed by atoms with Crippen molar-refractivity contribution in [3.63, 3.8) is 0 Å². The van der Waals surface area contributed by atoms with E-state index in [4.69, 9.17) is 9.84 Å². The van der Waals surface area contributed by atoms with Crippen LogP contribution in [-0.2, 0) is 28.7 Å². The molecule has 0 unspecified atom stereocenters. The molecule has 12 heteroatoms. The summed E-state index contributed by atoms with van der Waals surface area (Å²) in [5, 5.41) is 13.7. The number of fused-ring (bicyclic) bond motifs is 1. The van der Waals surface area contributed by atoms with Gasteiger partial charge in [0.1, 0.15) is 11.9 Å². The number of carboxylic acid groups (broad SMARTS) is 1. The molecule has 1 fully saturated rings. The summed E-state index contributed by atoms with van der Waals surface area (Å²) in [7, 11) is 0. The largest absolute Gasteiger partial charge is 0.481 e. The molecule has 1 aliphatic carbocycles. The zero-order chi connectivity index (χ0) is 27.4. The molecule has 4 rings (SSSR count). The van der Waals surface area contributed by atoms with Crippen LogP contribution in [0.25, 0.3) is 0 Å². The lowest BCUT2D eigenvalue weighted by Gasteiger charge is -2.32. The maximum Gasteiger partial charge on any atom is 0.416 e. The molecule has 3 amide bonds. The van der Waals surface area contributed by atoms with Crippen molar-refractivity contribution in [2.75, 3.05) is 17.2 Å². The number of hydrogen-bond acceptors (Lipinski definition) is 4. The molecule has 0 bridgehead atoms. The van der Waals surface area contributed by atoms with Crippen molar-refractivity contribution in [2.24, 2.45) is 5.92 Å². The highest BCUT2D eigenvalue weighted by atomic mass is 19.4. The summed E-state index contributed by atoms with van der Waals surface area (Å²) in [5.41, 5.74) is 0.636. The maximum atomic E-state index is 14.0. The molecular weight excluding hydrogens is 510 g/mol. The van der Waals surface area contributed by atoms with E-state index in [9.17, 15) is 31.9 Å². The summed E-state index contributed by atoms with van der Waals surface area (Å²) < 4.78 is 57.8. The number of carbonyl (C=O) groups excluding carboxylic acids is 2. The van der Waals surface area contributed by atoms with Crippen LogP contribution in [0.15, 0.2) is 36.4 Å². The van der Waals surface area contributed by atoms with Crippen molar-refractivity contribution in [3.05, 3.63) is 58.9 Å². The number of ether oxygens (including phenoxy) is 1. The smallest absolute Gasteiger partial charge is 0.416 e. The average molecular weight is 538 g/mol. The van der Waals surface area contributed by atoms with Crippen molar-refractivity contribution < 1.29 is 41.8 Å². The van der Waals surface area contributed by atoms with Crippen molar-refractivity contribution in [1.82, 2.24) is 4.90 Å². The topological polar surface area (TPSA) is 108 Å². The van der Waals surface area contributed by atoms with Gasteiger partial charge in [-0.3, -0.25) is 4.79 Å². The predicted octanol–water partition coefficient (Wildman–Crippen LogP) is 6.02. The molecule has 0 atom stereocenters. The molecule has 204 valence electrons. The molecule has 3 N–H and O–H groups in total. The molecule has 0 radical (unpaired) electrons. The fourth-order valence-electron chi connectivity index (χ4n) is 4.78. The molecule has 8 nitrogen and oxygen atoms in total. The number of nitrogens with zero attached hydrogens (tertiary/aromatic N) is 1. The molecule has 2 aromatic carbocycles. The molecule has 38 heavy (non-hydrogen) atoms. The fourth-order valence-corrected chi connectivity index (χ4v) is 4.78. The molecule has 0 spiro atoms. The molecular formula is C26H27F4N3O5. The molecule has 1 heterocycles. The van der Waals surface area contributed by atoms with Gasteiger partial charge in [0.2, 0.25) is 0 Å². The van der Waals surface area contributed by atoms with E-state index in [0.717, 1.165) is 17.2 Å². The summed E-state index contributed by atoms with van der Waals surface area (Å²) in [5.74, 6) is -1.91. The average Bonchev–Trinajstić information content (AvgIpc) is 2.85. The van der Waals surface area contributed by atoms with Crippen molar-refractivity contribution in [1.29, 1.82) is 0 Å². The zero-order valence-corrected chi connectivity index (χ0v) is 20.3. The molecule has 2 aliphatic rings. The van der Waals surface area contributed by atoms with E-state index in [2.05, 4.69) is 10.6 Å². The normalized spacial score (nSPS) is 19.3. The number of amides is 3. The number of hydrogen-bond donors (Lipinski definition) is 3. The van der Waals surface area contributed by atoms with E-state index in [1.165, 1.54) is 0 Å². The minimum Gasteiger partial charge on any atom is -0.481 e. The first-order chi connectivity index (χ1) is 18.0. The first-order valence-electron chi connectivity index (χ1n) is 12.2. The number of nitrogens with one attached hydrogen (secondary N) is 2. The number of urea groups is 1. The Kier molecular flexibility index (Phi) is 8.08. The van der Waals surface area contributed by atoms with Gasteiger partial charge >= 0.3 is 24.3 Å². The van der Waals surface area contributed by atoms with Crippen molar-refractivity contribution in [2.45, 2.75) is 57.3 Å². The Morgan fingerprint density at radius 2 is 1.74 bits per heavy atom. The van der Waals surface area contributed by atoms with Gasteiger partial charge in [-0.25, -0.2) is 14.0 Å². The van der Waals surface area contributed by atoms with E-state index in [-0.39, 0.29) is 18.4 Å². The second-order valence-corrected chi connectivity index (χ2v) is 9.55. The number of anilines is 2. The fraction of sp³-hybridized carbons (Fsp3) is 0.423. The summed E-state index contributed by atoms with van der Waals surface area (Å²) >= 11 is 0. The van der Waals surface area contributed by atoms with Crippen LogP contribution >= 0.6 is 0 Å². The zero-order valence-electron chi connectivity index (χ0n) is 20.3. The summed E-state index contributed by atoms with van der Waals surface area (Å²) in [6.45, 7) is 0.734. The monoisotopic (exact) mass is 537 g/mol. The second kappa shape index (κ2) is 11.3. The van der Waals surface area contributed by atoms with E-state index in [1.807, 2.05) is 0 Å². The molecule has 0 saturated heterocycles. The van der Waals surface area contributed by atoms with E-state index in [1.54, 1.807) is 23.1 Å². The third-order valence-corrected chi connectivity index (χ3v) is 6.80. The van der Waals surface area contributed by atoms with Crippen LogP contribution < -0.4 is 10.6 Å². The van der Waals surface area contributed by atoms with E-state index < -0.39 is 41.3 Å². The first kappa shape index (κ1) is 27.2. The van der Waals surface area contributed by atoms with Gasteiger partial charge in [0.15, 0.2) is 0 Å². The van der Waals surface area contributed by atoms with Crippen LogP contribution in [0.2, 0.25) is 0 Å². The Labute approximate surface area is 216 Å². The predicted molar refractivity (Wildman–Crippen MR) is 129 cm³/mol. The van der Waals surface area contributed by atoms with Gasteiger partial charge in [0.05, 0.1) is 11.3 Å². The Balaban J connectivity index is 1.28. The Hall–Kier alpha value is -3.83. The highest BCUT2D eigenvalue weighted by Crippen LogP contribution is 2.32. The number of benzene rings is 2. The minimum absolute atomic E-state index is 0.114. The summed E-state index contributed by atoms with van der Waals surface area (Å²) in [6.07, 6.45) is -1.99.